The molecule has 0 bridgehead atoms. The number of hydrogen-bond donors (Lipinski definition) is 0. The lowest BCUT2D eigenvalue weighted by Crippen LogP contribution is -2.14. The monoisotopic (exact) mass is 355 g/mol. The predicted molar refractivity (Wildman–Crippen MR) is 97.7 cm³/mol. The fourth-order valence-corrected chi connectivity index (χ4v) is 3.20. The highest BCUT2D eigenvalue weighted by molar-refractivity contribution is 5.95. The minimum atomic E-state index is -4.50. The molecule has 0 aliphatic rings. The zero-order valence-electron chi connectivity index (χ0n) is 14.2. The van der Waals surface area contributed by atoms with Crippen LogP contribution in [0.1, 0.15) is 5.69 Å². The molecule has 0 aliphatic carbocycles. The van der Waals surface area contributed by atoms with Crippen LogP contribution in [-0.2, 0) is 13.2 Å². The summed E-state index contributed by atoms with van der Waals surface area (Å²) in [4.78, 5) is 5.55. The molecule has 0 saturated heterocycles. The number of benzene rings is 2. The van der Waals surface area contributed by atoms with Crippen LogP contribution < -0.4 is 4.90 Å². The molecule has 4 aromatic rings. The molecule has 0 aliphatic heterocycles. The first-order valence-corrected chi connectivity index (χ1v) is 8.10. The number of alkyl halides is 3. The van der Waals surface area contributed by atoms with Crippen molar-refractivity contribution in [3.63, 3.8) is 0 Å². The van der Waals surface area contributed by atoms with Gasteiger partial charge in [0.1, 0.15) is 5.69 Å². The molecule has 4 rings (SSSR count). The highest BCUT2D eigenvalue weighted by Gasteiger charge is 2.33. The van der Waals surface area contributed by atoms with Crippen molar-refractivity contribution in [3.8, 4) is 0 Å². The van der Waals surface area contributed by atoms with Crippen LogP contribution in [0.2, 0.25) is 0 Å². The lowest BCUT2D eigenvalue weighted by molar-refractivity contribution is -0.140. The summed E-state index contributed by atoms with van der Waals surface area (Å²) < 4.78 is 41.9. The number of anilines is 2. The van der Waals surface area contributed by atoms with Gasteiger partial charge in [0.05, 0.1) is 11.2 Å². The van der Waals surface area contributed by atoms with E-state index in [1.54, 1.807) is 36.2 Å². The van der Waals surface area contributed by atoms with Crippen LogP contribution in [0.3, 0.4) is 0 Å². The van der Waals surface area contributed by atoms with Crippen molar-refractivity contribution >= 4 is 33.2 Å². The normalized spacial score (nSPS) is 12.0. The lowest BCUT2D eigenvalue weighted by Gasteiger charge is -2.23. The van der Waals surface area contributed by atoms with Gasteiger partial charge < -0.3 is 9.47 Å². The smallest absolute Gasteiger partial charge is 0.351 e. The minimum absolute atomic E-state index is 0.324. The van der Waals surface area contributed by atoms with E-state index in [1.165, 1.54) is 0 Å². The molecule has 0 spiro atoms. The van der Waals surface area contributed by atoms with E-state index in [0.717, 1.165) is 22.7 Å². The highest BCUT2D eigenvalue weighted by Crippen LogP contribution is 2.37. The van der Waals surface area contributed by atoms with Gasteiger partial charge in [-0.3, -0.25) is 0 Å². The standard InChI is InChI=1S/C20H16F3N3/c1-25-10-9-13-11-14(7-8-17(13)25)26(2)18-12-19(20(21,22)23)24-16-6-4-3-5-15(16)18/h3-12H,1-2H3. The van der Waals surface area contributed by atoms with Gasteiger partial charge in [0, 0.05) is 42.3 Å². The second-order valence-electron chi connectivity index (χ2n) is 6.27. The van der Waals surface area contributed by atoms with E-state index < -0.39 is 11.9 Å². The fraction of sp³-hybridized carbons (Fsp3) is 0.150. The largest absolute Gasteiger partial charge is 0.433 e. The Balaban J connectivity index is 1.90. The Morgan fingerprint density at radius 1 is 1.00 bits per heavy atom. The third kappa shape index (κ3) is 2.67. The Morgan fingerprint density at radius 2 is 1.77 bits per heavy atom. The van der Waals surface area contributed by atoms with Crippen LogP contribution in [0.15, 0.2) is 60.8 Å². The van der Waals surface area contributed by atoms with Gasteiger partial charge in [0.2, 0.25) is 0 Å². The molecule has 6 heteroatoms. The van der Waals surface area contributed by atoms with Gasteiger partial charge in [0.15, 0.2) is 0 Å². The zero-order valence-corrected chi connectivity index (χ0v) is 14.2. The Kier molecular flexibility index (Phi) is 3.64. The molecule has 26 heavy (non-hydrogen) atoms. The van der Waals surface area contributed by atoms with Gasteiger partial charge in [-0.15, -0.1) is 0 Å². The number of nitrogens with zero attached hydrogens (tertiary/aromatic N) is 3. The number of para-hydroxylation sites is 1. The molecule has 0 saturated carbocycles. The number of fused-ring (bicyclic) bond motifs is 2. The molecule has 0 amide bonds. The fourth-order valence-electron chi connectivity index (χ4n) is 3.20. The Morgan fingerprint density at radius 3 is 2.54 bits per heavy atom. The second kappa shape index (κ2) is 5.76. The topological polar surface area (TPSA) is 21.1 Å². The summed E-state index contributed by atoms with van der Waals surface area (Å²) in [5.74, 6) is 0. The quantitative estimate of drug-likeness (QED) is 0.472. The van der Waals surface area contributed by atoms with Crippen molar-refractivity contribution < 1.29 is 13.2 Å². The maximum atomic E-state index is 13.3. The van der Waals surface area contributed by atoms with Crippen molar-refractivity contribution in [3.05, 3.63) is 66.5 Å². The molecular weight excluding hydrogens is 339 g/mol. The first kappa shape index (κ1) is 16.4. The number of halogens is 3. The Bertz CT molecular complexity index is 1110. The number of aryl methyl sites for hydroxylation is 1. The molecule has 2 aromatic heterocycles. The summed E-state index contributed by atoms with van der Waals surface area (Å²) in [6.45, 7) is 0. The highest BCUT2D eigenvalue weighted by atomic mass is 19.4. The molecule has 3 nitrogen and oxygen atoms in total. The summed E-state index contributed by atoms with van der Waals surface area (Å²) in [6, 6.07) is 15.8. The van der Waals surface area contributed by atoms with Crippen LogP contribution >= 0.6 is 0 Å². The van der Waals surface area contributed by atoms with Crippen molar-refractivity contribution in [1.82, 2.24) is 9.55 Å². The molecule has 0 atom stereocenters. The molecule has 0 N–H and O–H groups in total. The van der Waals surface area contributed by atoms with E-state index in [9.17, 15) is 13.2 Å². The molecule has 0 unspecified atom stereocenters. The number of aromatic nitrogens is 2. The summed E-state index contributed by atoms with van der Waals surface area (Å²) >= 11 is 0. The van der Waals surface area contributed by atoms with Gasteiger partial charge in [-0.25, -0.2) is 4.98 Å². The Labute approximate surface area is 148 Å². The third-order valence-corrected chi connectivity index (χ3v) is 4.60. The molecular formula is C20H16F3N3. The first-order valence-electron chi connectivity index (χ1n) is 8.10. The number of pyridine rings is 1. The molecule has 2 heterocycles. The van der Waals surface area contributed by atoms with E-state index in [-0.39, 0.29) is 0 Å². The summed E-state index contributed by atoms with van der Waals surface area (Å²) in [7, 11) is 3.73. The third-order valence-electron chi connectivity index (χ3n) is 4.60. The van der Waals surface area contributed by atoms with Gasteiger partial charge in [-0.2, -0.15) is 13.2 Å². The number of rotatable bonds is 2. The second-order valence-corrected chi connectivity index (χ2v) is 6.27. The summed E-state index contributed by atoms with van der Waals surface area (Å²) in [5.41, 5.74) is 1.79. The average Bonchev–Trinajstić information content (AvgIpc) is 3.00. The molecule has 0 radical (unpaired) electrons. The molecule has 0 fully saturated rings. The van der Waals surface area contributed by atoms with Gasteiger partial charge in [-0.1, -0.05) is 18.2 Å². The van der Waals surface area contributed by atoms with Crippen LogP contribution in [0.5, 0.6) is 0 Å². The van der Waals surface area contributed by atoms with E-state index in [2.05, 4.69) is 4.98 Å². The lowest BCUT2D eigenvalue weighted by atomic mass is 10.1. The van der Waals surface area contributed by atoms with E-state index >= 15 is 0 Å². The number of hydrogen-bond acceptors (Lipinski definition) is 2. The van der Waals surface area contributed by atoms with Gasteiger partial charge in [-0.05, 0) is 36.4 Å². The van der Waals surface area contributed by atoms with Crippen LogP contribution in [0, 0.1) is 0 Å². The zero-order chi connectivity index (χ0) is 18.5. The van der Waals surface area contributed by atoms with Crippen molar-refractivity contribution in [2.45, 2.75) is 6.18 Å². The summed E-state index contributed by atoms with van der Waals surface area (Å²) in [5, 5.41) is 1.71. The minimum Gasteiger partial charge on any atom is -0.351 e. The van der Waals surface area contributed by atoms with Gasteiger partial charge >= 0.3 is 6.18 Å². The van der Waals surface area contributed by atoms with E-state index in [4.69, 9.17) is 0 Å². The first-order chi connectivity index (χ1) is 12.3. The SMILES string of the molecule is CN(c1ccc2c(ccn2C)c1)c1cc(C(F)(F)F)nc2ccccc12. The Hall–Kier alpha value is -3.02. The predicted octanol–water partition coefficient (Wildman–Crippen LogP) is 5.51. The molecule has 132 valence electrons. The van der Waals surface area contributed by atoms with Crippen molar-refractivity contribution in [2.75, 3.05) is 11.9 Å². The van der Waals surface area contributed by atoms with Crippen LogP contribution in [0.25, 0.3) is 21.8 Å². The maximum Gasteiger partial charge on any atom is 0.433 e. The summed E-state index contributed by atoms with van der Waals surface area (Å²) in [6.07, 6.45) is -2.54. The van der Waals surface area contributed by atoms with E-state index in [1.807, 2.05) is 42.1 Å². The van der Waals surface area contributed by atoms with E-state index in [0.29, 0.717) is 16.6 Å². The van der Waals surface area contributed by atoms with Crippen LogP contribution in [0.4, 0.5) is 24.5 Å². The van der Waals surface area contributed by atoms with Crippen molar-refractivity contribution in [1.29, 1.82) is 0 Å². The average molecular weight is 355 g/mol. The van der Waals surface area contributed by atoms with Crippen molar-refractivity contribution in [2.24, 2.45) is 7.05 Å². The molecule has 2 aromatic carbocycles. The van der Waals surface area contributed by atoms with Gasteiger partial charge in [0.25, 0.3) is 0 Å². The maximum absolute atomic E-state index is 13.3. The van der Waals surface area contributed by atoms with Crippen LogP contribution in [-0.4, -0.2) is 16.6 Å².